The van der Waals surface area contributed by atoms with Crippen LogP contribution in [0.15, 0.2) is 42.5 Å². The van der Waals surface area contributed by atoms with Gasteiger partial charge < -0.3 is 11.1 Å². The molecule has 0 atom stereocenters. The standard InChI is InChI=1S/C16H22N2/c1-16(2,9-10-17)18-12-13-7-8-14-5-3-4-6-15(14)11-13/h3-8,11,18H,9-10,12,17H2,1-2H3. The van der Waals surface area contributed by atoms with E-state index in [1.807, 2.05) is 0 Å². The molecule has 0 unspecified atom stereocenters. The van der Waals surface area contributed by atoms with Gasteiger partial charge in [0.2, 0.25) is 0 Å². The maximum atomic E-state index is 5.62. The van der Waals surface area contributed by atoms with Crippen LogP contribution in [0.1, 0.15) is 25.8 Å². The van der Waals surface area contributed by atoms with Crippen LogP contribution in [-0.4, -0.2) is 12.1 Å². The topological polar surface area (TPSA) is 38.0 Å². The third-order valence-corrected chi connectivity index (χ3v) is 3.35. The van der Waals surface area contributed by atoms with E-state index in [2.05, 4.69) is 61.6 Å². The monoisotopic (exact) mass is 242 g/mol. The van der Waals surface area contributed by atoms with E-state index in [-0.39, 0.29) is 5.54 Å². The Morgan fingerprint density at radius 2 is 1.78 bits per heavy atom. The maximum Gasteiger partial charge on any atom is 0.0210 e. The number of rotatable bonds is 5. The van der Waals surface area contributed by atoms with Crippen LogP contribution in [0, 0.1) is 0 Å². The molecule has 0 heterocycles. The molecule has 96 valence electrons. The fraction of sp³-hybridized carbons (Fsp3) is 0.375. The largest absolute Gasteiger partial charge is 0.330 e. The average Bonchev–Trinajstić information content (AvgIpc) is 2.36. The van der Waals surface area contributed by atoms with Gasteiger partial charge in [0, 0.05) is 12.1 Å². The van der Waals surface area contributed by atoms with E-state index in [4.69, 9.17) is 5.73 Å². The van der Waals surface area contributed by atoms with Gasteiger partial charge in [-0.3, -0.25) is 0 Å². The molecule has 0 radical (unpaired) electrons. The van der Waals surface area contributed by atoms with Gasteiger partial charge >= 0.3 is 0 Å². The second-order valence-electron chi connectivity index (χ2n) is 5.46. The van der Waals surface area contributed by atoms with Gasteiger partial charge in [0.05, 0.1) is 0 Å². The maximum absolute atomic E-state index is 5.62. The summed E-state index contributed by atoms with van der Waals surface area (Å²) >= 11 is 0. The van der Waals surface area contributed by atoms with E-state index in [1.165, 1.54) is 16.3 Å². The van der Waals surface area contributed by atoms with Crippen molar-refractivity contribution in [2.45, 2.75) is 32.4 Å². The molecule has 0 fully saturated rings. The van der Waals surface area contributed by atoms with Crippen LogP contribution in [0.25, 0.3) is 10.8 Å². The van der Waals surface area contributed by atoms with Gasteiger partial charge in [-0.25, -0.2) is 0 Å². The summed E-state index contributed by atoms with van der Waals surface area (Å²) in [7, 11) is 0. The normalized spacial score (nSPS) is 11.9. The number of hydrogen-bond acceptors (Lipinski definition) is 2. The first-order chi connectivity index (χ1) is 8.61. The van der Waals surface area contributed by atoms with Crippen LogP contribution in [0.2, 0.25) is 0 Å². The van der Waals surface area contributed by atoms with Crippen molar-refractivity contribution in [3.8, 4) is 0 Å². The SMILES string of the molecule is CC(C)(CCN)NCc1ccc2ccccc2c1. The van der Waals surface area contributed by atoms with E-state index >= 15 is 0 Å². The number of benzene rings is 2. The molecule has 18 heavy (non-hydrogen) atoms. The highest BCUT2D eigenvalue weighted by Crippen LogP contribution is 2.16. The van der Waals surface area contributed by atoms with Crippen molar-refractivity contribution < 1.29 is 0 Å². The Morgan fingerprint density at radius 1 is 1.06 bits per heavy atom. The lowest BCUT2D eigenvalue weighted by atomic mass is 10.00. The zero-order valence-electron chi connectivity index (χ0n) is 11.2. The minimum absolute atomic E-state index is 0.0976. The Hall–Kier alpha value is -1.38. The Bertz CT molecular complexity index is 517. The molecule has 3 N–H and O–H groups in total. The van der Waals surface area contributed by atoms with Gasteiger partial charge in [0.25, 0.3) is 0 Å². The summed E-state index contributed by atoms with van der Waals surface area (Å²) in [5.74, 6) is 0. The third-order valence-electron chi connectivity index (χ3n) is 3.35. The van der Waals surface area contributed by atoms with Gasteiger partial charge in [0.1, 0.15) is 0 Å². The number of nitrogens with two attached hydrogens (primary N) is 1. The molecule has 0 bridgehead atoms. The van der Waals surface area contributed by atoms with Crippen molar-refractivity contribution in [2.24, 2.45) is 5.73 Å². The molecular formula is C16H22N2. The van der Waals surface area contributed by atoms with Gasteiger partial charge in [-0.15, -0.1) is 0 Å². The first-order valence-electron chi connectivity index (χ1n) is 6.53. The smallest absolute Gasteiger partial charge is 0.0210 e. The fourth-order valence-electron chi connectivity index (χ4n) is 2.14. The molecule has 0 aromatic heterocycles. The lowest BCUT2D eigenvalue weighted by molar-refractivity contribution is 0.365. The summed E-state index contributed by atoms with van der Waals surface area (Å²) in [6.45, 7) is 6.00. The first-order valence-corrected chi connectivity index (χ1v) is 6.53. The van der Waals surface area contributed by atoms with E-state index in [1.54, 1.807) is 0 Å². The van der Waals surface area contributed by atoms with Gasteiger partial charge in [0.15, 0.2) is 0 Å². The second kappa shape index (κ2) is 5.51. The van der Waals surface area contributed by atoms with E-state index in [0.29, 0.717) is 0 Å². The first kappa shape index (κ1) is 13.1. The predicted octanol–water partition coefficient (Wildman–Crippen LogP) is 3.06. The quantitative estimate of drug-likeness (QED) is 0.845. The minimum Gasteiger partial charge on any atom is -0.330 e. The van der Waals surface area contributed by atoms with Crippen LogP contribution in [0.3, 0.4) is 0 Å². The van der Waals surface area contributed by atoms with Crippen molar-refractivity contribution >= 4 is 10.8 Å². The number of nitrogens with one attached hydrogen (secondary N) is 1. The van der Waals surface area contributed by atoms with Crippen molar-refractivity contribution in [3.05, 3.63) is 48.0 Å². The number of fused-ring (bicyclic) bond motifs is 1. The van der Waals surface area contributed by atoms with Crippen LogP contribution >= 0.6 is 0 Å². The van der Waals surface area contributed by atoms with Crippen molar-refractivity contribution in [3.63, 3.8) is 0 Å². The van der Waals surface area contributed by atoms with Crippen molar-refractivity contribution in [2.75, 3.05) is 6.54 Å². The summed E-state index contributed by atoms with van der Waals surface area (Å²) in [5.41, 5.74) is 7.03. The lowest BCUT2D eigenvalue weighted by Crippen LogP contribution is -2.40. The molecule has 0 aliphatic rings. The summed E-state index contributed by atoms with van der Waals surface area (Å²) < 4.78 is 0. The molecule has 0 spiro atoms. The summed E-state index contributed by atoms with van der Waals surface area (Å²) in [6, 6.07) is 15.1. The summed E-state index contributed by atoms with van der Waals surface area (Å²) in [6.07, 6.45) is 0.987. The van der Waals surface area contributed by atoms with Crippen LogP contribution in [-0.2, 0) is 6.54 Å². The highest BCUT2D eigenvalue weighted by atomic mass is 15.0. The lowest BCUT2D eigenvalue weighted by Gasteiger charge is -2.25. The fourth-order valence-corrected chi connectivity index (χ4v) is 2.14. The van der Waals surface area contributed by atoms with Crippen LogP contribution < -0.4 is 11.1 Å². The van der Waals surface area contributed by atoms with E-state index in [0.717, 1.165) is 19.5 Å². The Kier molecular flexibility index (Phi) is 4.00. The molecule has 2 heteroatoms. The predicted molar refractivity (Wildman–Crippen MR) is 78.5 cm³/mol. The zero-order valence-corrected chi connectivity index (χ0v) is 11.2. The second-order valence-corrected chi connectivity index (χ2v) is 5.46. The molecule has 0 saturated carbocycles. The van der Waals surface area contributed by atoms with Crippen LogP contribution in [0.5, 0.6) is 0 Å². The molecule has 0 saturated heterocycles. The minimum atomic E-state index is 0.0976. The highest BCUT2D eigenvalue weighted by molar-refractivity contribution is 5.82. The van der Waals surface area contributed by atoms with Gasteiger partial charge in [-0.1, -0.05) is 36.4 Å². The average molecular weight is 242 g/mol. The Balaban J connectivity index is 2.08. The third kappa shape index (κ3) is 3.31. The van der Waals surface area contributed by atoms with Crippen molar-refractivity contribution in [1.82, 2.24) is 5.32 Å². The highest BCUT2D eigenvalue weighted by Gasteiger charge is 2.15. The molecule has 2 aromatic carbocycles. The molecule has 0 aliphatic heterocycles. The molecular weight excluding hydrogens is 220 g/mol. The summed E-state index contributed by atoms with van der Waals surface area (Å²) in [4.78, 5) is 0. The van der Waals surface area contributed by atoms with Crippen molar-refractivity contribution in [1.29, 1.82) is 0 Å². The Labute approximate surface area is 109 Å². The zero-order chi connectivity index (χ0) is 13.0. The van der Waals surface area contributed by atoms with Gasteiger partial charge in [-0.2, -0.15) is 0 Å². The molecule has 2 aromatic rings. The summed E-state index contributed by atoms with van der Waals surface area (Å²) in [5, 5.41) is 6.15. The molecule has 0 amide bonds. The van der Waals surface area contributed by atoms with Crippen LogP contribution in [0.4, 0.5) is 0 Å². The molecule has 0 aliphatic carbocycles. The molecule has 2 nitrogen and oxygen atoms in total. The number of hydrogen-bond donors (Lipinski definition) is 2. The van der Waals surface area contributed by atoms with E-state index < -0.39 is 0 Å². The Morgan fingerprint density at radius 3 is 2.50 bits per heavy atom. The molecule has 2 rings (SSSR count). The van der Waals surface area contributed by atoms with Gasteiger partial charge in [-0.05, 0) is 49.2 Å². The van der Waals surface area contributed by atoms with E-state index in [9.17, 15) is 0 Å².